The minimum Gasteiger partial charge on any atom is -0.458 e. The summed E-state index contributed by atoms with van der Waals surface area (Å²) in [5, 5.41) is 2.47. The Morgan fingerprint density at radius 3 is 2.17 bits per heavy atom. The molecule has 6 heteroatoms. The molecule has 0 rings (SSSR count). The number of hydrogen-bond donors (Lipinski definition) is 1. The van der Waals surface area contributed by atoms with Gasteiger partial charge in [0.2, 0.25) is 0 Å². The number of alkyl carbamates (subject to hydrolysis) is 1. The average Bonchev–Trinajstić information content (AvgIpc) is 2.38. The summed E-state index contributed by atoms with van der Waals surface area (Å²) in [5.41, 5.74) is -0.624. The van der Waals surface area contributed by atoms with Gasteiger partial charge in [-0.1, -0.05) is 19.9 Å². The van der Waals surface area contributed by atoms with Gasteiger partial charge in [-0.3, -0.25) is 0 Å². The molecule has 0 bridgehead atoms. The summed E-state index contributed by atoms with van der Waals surface area (Å²) in [6, 6.07) is -0.808. The van der Waals surface area contributed by atoms with E-state index in [0.29, 0.717) is 6.61 Å². The molecule has 0 aromatic rings. The molecule has 0 saturated heterocycles. The van der Waals surface area contributed by atoms with Crippen LogP contribution in [0.5, 0.6) is 0 Å². The van der Waals surface area contributed by atoms with Gasteiger partial charge in [-0.2, -0.15) is 0 Å². The third-order valence-electron chi connectivity index (χ3n) is 2.94. The average molecular weight is 329 g/mol. The van der Waals surface area contributed by atoms with E-state index in [1.165, 1.54) is 0 Å². The van der Waals surface area contributed by atoms with Crippen LogP contribution < -0.4 is 5.32 Å². The maximum Gasteiger partial charge on any atom is 0.408 e. The fourth-order valence-corrected chi connectivity index (χ4v) is 1.87. The van der Waals surface area contributed by atoms with Crippen molar-refractivity contribution in [3.05, 3.63) is 12.7 Å². The fourth-order valence-electron chi connectivity index (χ4n) is 1.87. The third-order valence-corrected chi connectivity index (χ3v) is 2.94. The molecule has 0 saturated carbocycles. The summed E-state index contributed by atoms with van der Waals surface area (Å²) in [6.07, 6.45) is 0.303. The first-order valence-corrected chi connectivity index (χ1v) is 7.90. The Bertz CT molecular complexity index is 400. The van der Waals surface area contributed by atoms with Crippen LogP contribution in [0.2, 0.25) is 0 Å². The van der Waals surface area contributed by atoms with Crippen LogP contribution in [-0.2, 0) is 19.0 Å². The van der Waals surface area contributed by atoms with E-state index in [4.69, 9.17) is 14.2 Å². The number of nitrogens with one attached hydrogen (secondary N) is 1. The zero-order chi connectivity index (χ0) is 18.2. The standard InChI is InChI=1S/C17H31NO5/c1-9-10-21-13(5)14(11(2)3)22-15(19)12(4)18-16(20)23-17(6,7)8/h9,11-14H,1,10H2,2-8H3,(H,18,20)/t12-,13-,14+/m0/s1. The second-order valence-corrected chi connectivity index (χ2v) is 6.84. The number of ether oxygens (including phenoxy) is 3. The van der Waals surface area contributed by atoms with Crippen LogP contribution in [0.15, 0.2) is 12.7 Å². The second-order valence-electron chi connectivity index (χ2n) is 6.84. The first kappa shape index (κ1) is 21.4. The molecule has 6 nitrogen and oxygen atoms in total. The highest BCUT2D eigenvalue weighted by molar-refractivity contribution is 5.81. The lowest BCUT2D eigenvalue weighted by atomic mass is 10.0. The summed E-state index contributed by atoms with van der Waals surface area (Å²) < 4.78 is 16.1. The first-order chi connectivity index (χ1) is 10.5. The summed E-state index contributed by atoms with van der Waals surface area (Å²) >= 11 is 0. The van der Waals surface area contributed by atoms with E-state index in [1.54, 1.807) is 33.8 Å². The lowest BCUT2D eigenvalue weighted by molar-refractivity contribution is -0.162. The third kappa shape index (κ3) is 9.23. The lowest BCUT2D eigenvalue weighted by Crippen LogP contribution is -2.45. The van der Waals surface area contributed by atoms with Crippen LogP contribution in [0.4, 0.5) is 4.79 Å². The Kier molecular flexibility index (Phi) is 8.90. The molecule has 1 N–H and O–H groups in total. The highest BCUT2D eigenvalue weighted by Gasteiger charge is 2.29. The van der Waals surface area contributed by atoms with Crippen LogP contribution in [0.3, 0.4) is 0 Å². The summed E-state index contributed by atoms with van der Waals surface area (Å²) in [4.78, 5) is 23.9. The summed E-state index contributed by atoms with van der Waals surface area (Å²) in [5.74, 6) is -0.448. The molecular weight excluding hydrogens is 298 g/mol. The highest BCUT2D eigenvalue weighted by atomic mass is 16.6. The minimum atomic E-state index is -0.808. The van der Waals surface area contributed by atoms with E-state index in [1.807, 2.05) is 20.8 Å². The first-order valence-electron chi connectivity index (χ1n) is 7.90. The predicted molar refractivity (Wildman–Crippen MR) is 89.2 cm³/mol. The number of esters is 1. The van der Waals surface area contributed by atoms with Gasteiger partial charge in [0, 0.05) is 0 Å². The van der Waals surface area contributed by atoms with Crippen molar-refractivity contribution in [2.75, 3.05) is 6.61 Å². The van der Waals surface area contributed by atoms with Crippen LogP contribution in [0, 0.1) is 5.92 Å². The number of rotatable bonds is 8. The van der Waals surface area contributed by atoms with Crippen molar-refractivity contribution >= 4 is 12.1 Å². The Hall–Kier alpha value is -1.56. The minimum absolute atomic E-state index is 0.0764. The maximum absolute atomic E-state index is 12.2. The van der Waals surface area contributed by atoms with Crippen molar-refractivity contribution < 1.29 is 23.8 Å². The van der Waals surface area contributed by atoms with Gasteiger partial charge in [-0.15, -0.1) is 6.58 Å². The fraction of sp³-hybridized carbons (Fsp3) is 0.765. The van der Waals surface area contributed by atoms with Crippen molar-refractivity contribution in [3.8, 4) is 0 Å². The molecule has 0 aliphatic heterocycles. The molecular formula is C17H31NO5. The van der Waals surface area contributed by atoms with Gasteiger partial charge in [0.05, 0.1) is 12.7 Å². The normalized spacial score (nSPS) is 15.5. The molecule has 3 atom stereocenters. The monoisotopic (exact) mass is 329 g/mol. The largest absolute Gasteiger partial charge is 0.458 e. The molecule has 0 aromatic carbocycles. The SMILES string of the molecule is C=CCO[C@@H](C)[C@H](OC(=O)[C@H](C)NC(=O)OC(C)(C)C)C(C)C. The molecule has 0 radical (unpaired) electrons. The zero-order valence-corrected chi connectivity index (χ0v) is 15.3. The van der Waals surface area contributed by atoms with Gasteiger partial charge in [0.15, 0.2) is 0 Å². The van der Waals surface area contributed by atoms with Crippen LogP contribution >= 0.6 is 0 Å². The van der Waals surface area contributed by atoms with E-state index >= 15 is 0 Å². The number of hydrogen-bond acceptors (Lipinski definition) is 5. The predicted octanol–water partition coefficient (Wildman–Crippen LogP) is 3.06. The van der Waals surface area contributed by atoms with E-state index in [9.17, 15) is 9.59 Å². The summed E-state index contributed by atoms with van der Waals surface area (Å²) in [7, 11) is 0. The van der Waals surface area contributed by atoms with Gasteiger partial charge in [0.25, 0.3) is 0 Å². The Morgan fingerprint density at radius 1 is 1.17 bits per heavy atom. The van der Waals surface area contributed by atoms with E-state index in [0.717, 1.165) is 0 Å². The van der Waals surface area contributed by atoms with Gasteiger partial charge in [0.1, 0.15) is 17.7 Å². The van der Waals surface area contributed by atoms with E-state index in [-0.39, 0.29) is 12.0 Å². The van der Waals surface area contributed by atoms with Gasteiger partial charge >= 0.3 is 12.1 Å². The zero-order valence-electron chi connectivity index (χ0n) is 15.3. The van der Waals surface area contributed by atoms with E-state index in [2.05, 4.69) is 11.9 Å². The molecule has 134 valence electrons. The molecule has 0 heterocycles. The highest BCUT2D eigenvalue weighted by Crippen LogP contribution is 2.15. The van der Waals surface area contributed by atoms with Crippen LogP contribution in [0.1, 0.15) is 48.5 Å². The lowest BCUT2D eigenvalue weighted by Gasteiger charge is -2.28. The Labute approximate surface area is 139 Å². The summed E-state index contributed by atoms with van der Waals surface area (Å²) in [6.45, 7) is 16.5. The molecule has 0 aliphatic rings. The van der Waals surface area contributed by atoms with Crippen LogP contribution in [-0.4, -0.2) is 42.5 Å². The number of carbonyl (C=O) groups excluding carboxylic acids is 2. The topological polar surface area (TPSA) is 73.9 Å². The van der Waals surface area contributed by atoms with Crippen molar-refractivity contribution in [3.63, 3.8) is 0 Å². The molecule has 0 unspecified atom stereocenters. The quantitative estimate of drug-likeness (QED) is 0.547. The van der Waals surface area contributed by atoms with Crippen molar-refractivity contribution in [1.29, 1.82) is 0 Å². The second kappa shape index (κ2) is 9.55. The molecule has 23 heavy (non-hydrogen) atoms. The Morgan fingerprint density at radius 2 is 1.74 bits per heavy atom. The van der Waals surface area contributed by atoms with Gasteiger partial charge < -0.3 is 19.5 Å². The molecule has 1 amide bonds. The van der Waals surface area contributed by atoms with Crippen molar-refractivity contribution in [2.45, 2.75) is 72.3 Å². The van der Waals surface area contributed by atoms with Crippen molar-refractivity contribution in [1.82, 2.24) is 5.32 Å². The van der Waals surface area contributed by atoms with Crippen molar-refractivity contribution in [2.24, 2.45) is 5.92 Å². The molecule has 0 aromatic heterocycles. The van der Waals surface area contributed by atoms with Gasteiger partial charge in [-0.05, 0) is 40.5 Å². The maximum atomic E-state index is 12.2. The molecule has 0 spiro atoms. The Balaban J connectivity index is 4.61. The molecule has 0 aliphatic carbocycles. The number of amides is 1. The molecule has 0 fully saturated rings. The number of carbonyl (C=O) groups is 2. The van der Waals surface area contributed by atoms with E-state index < -0.39 is 29.8 Å². The van der Waals surface area contributed by atoms with Crippen LogP contribution in [0.25, 0.3) is 0 Å². The smallest absolute Gasteiger partial charge is 0.408 e. The van der Waals surface area contributed by atoms with Gasteiger partial charge in [-0.25, -0.2) is 9.59 Å².